The molecule has 0 bridgehead atoms. The van der Waals surface area contributed by atoms with Gasteiger partial charge in [0.2, 0.25) is 0 Å². The summed E-state index contributed by atoms with van der Waals surface area (Å²) < 4.78 is 6.09. The fraction of sp³-hybridized carbons (Fsp3) is 0.583. The van der Waals surface area contributed by atoms with Crippen LogP contribution >= 0.6 is 11.5 Å². The normalized spacial score (nSPS) is 12.8. The maximum absolute atomic E-state index is 4.39. The first-order valence-electron chi connectivity index (χ1n) is 6.31. The second kappa shape index (κ2) is 6.06. The van der Waals surface area contributed by atoms with Crippen LogP contribution in [0.4, 0.5) is 0 Å². The van der Waals surface area contributed by atoms with E-state index in [1.807, 2.05) is 13.1 Å². The molecule has 0 aliphatic heterocycles. The van der Waals surface area contributed by atoms with E-state index < -0.39 is 0 Å². The molecule has 98 valence electrons. The van der Waals surface area contributed by atoms with E-state index >= 15 is 0 Å². The fourth-order valence-electron chi connectivity index (χ4n) is 2.03. The van der Waals surface area contributed by atoms with E-state index in [-0.39, 0.29) is 6.04 Å². The molecule has 18 heavy (non-hydrogen) atoms. The largest absolute Gasteiger partial charge is 0.304 e. The van der Waals surface area contributed by atoms with Crippen molar-refractivity contribution in [2.45, 2.75) is 39.8 Å². The predicted molar refractivity (Wildman–Crippen MR) is 72.7 cm³/mol. The number of hydrogen-bond acceptors (Lipinski definition) is 5. The Labute approximate surface area is 111 Å². The Bertz CT molecular complexity index is 490. The van der Waals surface area contributed by atoms with Crippen molar-refractivity contribution in [2.24, 2.45) is 0 Å². The van der Waals surface area contributed by atoms with Crippen LogP contribution in [0.25, 0.3) is 0 Å². The molecule has 5 nitrogen and oxygen atoms in total. The van der Waals surface area contributed by atoms with E-state index in [1.54, 1.807) is 0 Å². The third kappa shape index (κ3) is 2.59. The molecule has 0 spiro atoms. The molecule has 0 aromatic carbocycles. The fourth-order valence-corrected chi connectivity index (χ4v) is 2.76. The van der Waals surface area contributed by atoms with E-state index in [1.165, 1.54) is 22.1 Å². The standard InChI is InChI=1S/C12H19N5S/c1-4-8-17-10(6-7-14-17)11(13-5-2)12-9(3)15-16-18-12/h6-7,11,13H,4-5,8H2,1-3H3. The van der Waals surface area contributed by atoms with E-state index in [9.17, 15) is 0 Å². The second-order valence-corrected chi connectivity index (χ2v) is 4.98. The van der Waals surface area contributed by atoms with Crippen molar-refractivity contribution in [1.82, 2.24) is 24.7 Å². The van der Waals surface area contributed by atoms with E-state index in [0.29, 0.717) is 0 Å². The van der Waals surface area contributed by atoms with Crippen LogP contribution in [0.1, 0.15) is 42.6 Å². The zero-order chi connectivity index (χ0) is 13.0. The highest BCUT2D eigenvalue weighted by Gasteiger charge is 2.21. The van der Waals surface area contributed by atoms with Gasteiger partial charge in [-0.05, 0) is 37.5 Å². The Hall–Kier alpha value is -1.27. The van der Waals surface area contributed by atoms with Gasteiger partial charge in [-0.1, -0.05) is 18.3 Å². The lowest BCUT2D eigenvalue weighted by Gasteiger charge is -2.18. The highest BCUT2D eigenvalue weighted by atomic mass is 32.1. The Balaban J connectivity index is 2.35. The number of nitrogens with one attached hydrogen (secondary N) is 1. The van der Waals surface area contributed by atoms with Crippen molar-refractivity contribution in [3.8, 4) is 0 Å². The van der Waals surface area contributed by atoms with Gasteiger partial charge in [0, 0.05) is 12.7 Å². The van der Waals surface area contributed by atoms with Crippen molar-refractivity contribution in [1.29, 1.82) is 0 Å². The van der Waals surface area contributed by atoms with Gasteiger partial charge >= 0.3 is 0 Å². The Morgan fingerprint density at radius 1 is 1.44 bits per heavy atom. The van der Waals surface area contributed by atoms with Gasteiger partial charge in [0.15, 0.2) is 0 Å². The smallest absolute Gasteiger partial charge is 0.0877 e. The van der Waals surface area contributed by atoms with Crippen LogP contribution in [0.3, 0.4) is 0 Å². The molecule has 0 radical (unpaired) electrons. The minimum absolute atomic E-state index is 0.143. The zero-order valence-corrected chi connectivity index (χ0v) is 11.9. The first-order valence-corrected chi connectivity index (χ1v) is 7.09. The van der Waals surface area contributed by atoms with Crippen LogP contribution in [0, 0.1) is 6.92 Å². The zero-order valence-electron chi connectivity index (χ0n) is 11.1. The van der Waals surface area contributed by atoms with Gasteiger partial charge in [-0.2, -0.15) is 5.10 Å². The summed E-state index contributed by atoms with van der Waals surface area (Å²) in [4.78, 5) is 1.18. The average Bonchev–Trinajstić information content (AvgIpc) is 2.96. The molecule has 1 unspecified atom stereocenters. The highest BCUT2D eigenvalue weighted by Crippen LogP contribution is 2.26. The first kappa shape index (κ1) is 13.2. The molecule has 0 saturated heterocycles. The molecule has 0 amide bonds. The molecule has 2 heterocycles. The molecule has 0 fully saturated rings. The minimum Gasteiger partial charge on any atom is -0.304 e. The van der Waals surface area contributed by atoms with E-state index in [0.717, 1.165) is 25.2 Å². The third-order valence-corrected chi connectivity index (χ3v) is 3.73. The third-order valence-electron chi connectivity index (χ3n) is 2.84. The summed E-state index contributed by atoms with van der Waals surface area (Å²) in [5.74, 6) is 0. The van der Waals surface area contributed by atoms with Crippen molar-refractivity contribution in [3.05, 3.63) is 28.5 Å². The van der Waals surface area contributed by atoms with Crippen molar-refractivity contribution in [3.63, 3.8) is 0 Å². The van der Waals surface area contributed by atoms with Gasteiger partial charge in [-0.3, -0.25) is 4.68 Å². The van der Waals surface area contributed by atoms with Crippen LogP contribution in [-0.4, -0.2) is 25.9 Å². The van der Waals surface area contributed by atoms with Crippen molar-refractivity contribution in [2.75, 3.05) is 6.54 Å². The molecule has 0 aliphatic rings. The van der Waals surface area contributed by atoms with Crippen LogP contribution in [0.2, 0.25) is 0 Å². The van der Waals surface area contributed by atoms with Gasteiger partial charge in [-0.25, -0.2) is 0 Å². The lowest BCUT2D eigenvalue weighted by molar-refractivity contribution is 0.522. The van der Waals surface area contributed by atoms with Crippen LogP contribution in [0.5, 0.6) is 0 Å². The summed E-state index contributed by atoms with van der Waals surface area (Å²) in [5.41, 5.74) is 2.18. The monoisotopic (exact) mass is 265 g/mol. The molecular formula is C12H19N5S. The molecule has 2 rings (SSSR count). The van der Waals surface area contributed by atoms with Gasteiger partial charge in [0.05, 0.1) is 22.3 Å². The van der Waals surface area contributed by atoms with Gasteiger partial charge < -0.3 is 5.32 Å². The Morgan fingerprint density at radius 3 is 2.89 bits per heavy atom. The summed E-state index contributed by atoms with van der Waals surface area (Å²) in [6, 6.07) is 2.21. The maximum atomic E-state index is 4.39. The maximum Gasteiger partial charge on any atom is 0.0877 e. The number of aromatic nitrogens is 4. The topological polar surface area (TPSA) is 55.6 Å². The molecule has 1 N–H and O–H groups in total. The van der Waals surface area contributed by atoms with Crippen molar-refractivity contribution >= 4 is 11.5 Å². The predicted octanol–water partition coefficient (Wildman–Crippen LogP) is 2.15. The molecular weight excluding hydrogens is 246 g/mol. The number of hydrogen-bond donors (Lipinski definition) is 1. The number of rotatable bonds is 6. The molecule has 0 saturated carbocycles. The van der Waals surface area contributed by atoms with Crippen LogP contribution < -0.4 is 5.32 Å². The van der Waals surface area contributed by atoms with E-state index in [4.69, 9.17) is 0 Å². The number of nitrogens with zero attached hydrogens (tertiary/aromatic N) is 4. The summed E-state index contributed by atoms with van der Waals surface area (Å²) in [7, 11) is 0. The molecule has 1 atom stereocenters. The second-order valence-electron chi connectivity index (χ2n) is 4.19. The summed E-state index contributed by atoms with van der Waals surface area (Å²) in [6.07, 6.45) is 2.94. The Morgan fingerprint density at radius 2 is 2.28 bits per heavy atom. The number of aryl methyl sites for hydroxylation is 2. The summed E-state index contributed by atoms with van der Waals surface area (Å²) >= 11 is 1.46. The van der Waals surface area contributed by atoms with Gasteiger partial charge in [-0.15, -0.1) is 5.10 Å². The summed E-state index contributed by atoms with van der Waals surface area (Å²) in [5, 5.41) is 12.0. The van der Waals surface area contributed by atoms with Crippen LogP contribution in [-0.2, 0) is 6.54 Å². The minimum atomic E-state index is 0.143. The molecule has 2 aromatic rings. The summed E-state index contributed by atoms with van der Waals surface area (Å²) in [6.45, 7) is 8.11. The first-order chi connectivity index (χ1) is 8.77. The van der Waals surface area contributed by atoms with E-state index in [2.05, 4.69) is 44.6 Å². The average molecular weight is 265 g/mol. The Kier molecular flexibility index (Phi) is 4.43. The van der Waals surface area contributed by atoms with Crippen molar-refractivity contribution < 1.29 is 0 Å². The molecule has 6 heteroatoms. The SMILES string of the molecule is CCCn1nccc1C(NCC)c1snnc1C. The lowest BCUT2D eigenvalue weighted by Crippen LogP contribution is -2.24. The molecule has 2 aromatic heterocycles. The quantitative estimate of drug-likeness (QED) is 0.869. The van der Waals surface area contributed by atoms with Crippen LogP contribution in [0.15, 0.2) is 12.3 Å². The molecule has 0 aliphatic carbocycles. The highest BCUT2D eigenvalue weighted by molar-refractivity contribution is 7.05. The van der Waals surface area contributed by atoms with Gasteiger partial charge in [0.1, 0.15) is 0 Å². The lowest BCUT2D eigenvalue weighted by atomic mass is 10.1. The van der Waals surface area contributed by atoms with Gasteiger partial charge in [0.25, 0.3) is 0 Å².